The summed E-state index contributed by atoms with van der Waals surface area (Å²) in [5.41, 5.74) is 6.78. The van der Waals surface area contributed by atoms with Gasteiger partial charge in [-0.1, -0.05) is 11.8 Å². The van der Waals surface area contributed by atoms with Gasteiger partial charge in [0.15, 0.2) is 0 Å². The summed E-state index contributed by atoms with van der Waals surface area (Å²) in [7, 11) is 0. The van der Waals surface area contributed by atoms with Gasteiger partial charge in [0.2, 0.25) is 0 Å². The number of nitrogen functional groups attached to an aromatic ring is 1. The third kappa shape index (κ3) is 2.30. The van der Waals surface area contributed by atoms with E-state index in [9.17, 15) is 0 Å². The van der Waals surface area contributed by atoms with Crippen LogP contribution in [0.25, 0.3) is 0 Å². The summed E-state index contributed by atoms with van der Waals surface area (Å²) in [5.74, 6) is 0. The number of nitrogens with two attached hydrogens (primary N) is 1. The molecule has 2 rings (SSSR count). The molecule has 0 fully saturated rings. The van der Waals surface area contributed by atoms with Crippen molar-refractivity contribution in [3.63, 3.8) is 0 Å². The Labute approximate surface area is 97.1 Å². The second kappa shape index (κ2) is 4.64. The number of hydrogen-bond acceptors (Lipinski definition) is 5. The third-order valence-corrected chi connectivity index (χ3v) is 2.91. The Balaban J connectivity index is 2.27. The van der Waals surface area contributed by atoms with E-state index in [-0.39, 0.29) is 0 Å². The third-order valence-electron chi connectivity index (χ3n) is 1.87. The van der Waals surface area contributed by atoms with Gasteiger partial charge < -0.3 is 5.73 Å². The van der Waals surface area contributed by atoms with Crippen LogP contribution in [0.2, 0.25) is 0 Å². The zero-order valence-electron chi connectivity index (χ0n) is 8.29. The highest BCUT2D eigenvalue weighted by Gasteiger charge is 2.04. The van der Waals surface area contributed by atoms with Crippen LogP contribution >= 0.6 is 11.8 Å². The fraction of sp³-hybridized carbons (Fsp3) is 0. The molecule has 4 nitrogen and oxygen atoms in total. The van der Waals surface area contributed by atoms with E-state index in [0.29, 0.717) is 16.3 Å². The fourth-order valence-corrected chi connectivity index (χ4v) is 1.90. The first-order valence-corrected chi connectivity index (χ1v) is 5.35. The monoisotopic (exact) mass is 228 g/mol. The lowest BCUT2D eigenvalue weighted by molar-refractivity contribution is 1.13. The van der Waals surface area contributed by atoms with Crippen molar-refractivity contribution in [1.29, 1.82) is 5.26 Å². The molecule has 16 heavy (non-hydrogen) atoms. The van der Waals surface area contributed by atoms with Crippen molar-refractivity contribution in [1.82, 2.24) is 9.97 Å². The summed E-state index contributed by atoms with van der Waals surface area (Å²) in [5, 5.41) is 9.38. The van der Waals surface area contributed by atoms with Crippen molar-refractivity contribution < 1.29 is 0 Å². The molecule has 0 saturated carbocycles. The topological polar surface area (TPSA) is 75.6 Å². The minimum atomic E-state index is 0.469. The van der Waals surface area contributed by atoms with Crippen LogP contribution in [0.1, 0.15) is 5.56 Å². The van der Waals surface area contributed by atoms with Crippen LogP contribution in [0, 0.1) is 11.3 Å². The molecule has 2 aromatic heterocycles. The molecule has 78 valence electrons. The SMILES string of the molecule is N#Cc1cnc(Sc2ccncc2)c(N)c1. The number of nitriles is 1. The molecule has 0 saturated heterocycles. The molecule has 5 heteroatoms. The van der Waals surface area contributed by atoms with Crippen molar-refractivity contribution in [3.05, 3.63) is 42.4 Å². The first-order chi connectivity index (χ1) is 7.79. The molecular formula is C11H8N4S. The Bertz CT molecular complexity index is 533. The van der Waals surface area contributed by atoms with Crippen LogP contribution in [0.5, 0.6) is 0 Å². The van der Waals surface area contributed by atoms with Gasteiger partial charge in [-0.05, 0) is 18.2 Å². The molecule has 0 aliphatic carbocycles. The van der Waals surface area contributed by atoms with Gasteiger partial charge in [-0.15, -0.1) is 0 Å². The normalized spacial score (nSPS) is 9.69. The molecule has 0 radical (unpaired) electrons. The van der Waals surface area contributed by atoms with Gasteiger partial charge in [0.1, 0.15) is 11.1 Å². The quantitative estimate of drug-likeness (QED) is 0.851. The molecule has 0 amide bonds. The number of rotatable bonds is 2. The van der Waals surface area contributed by atoms with E-state index in [4.69, 9.17) is 11.0 Å². The van der Waals surface area contributed by atoms with Gasteiger partial charge in [0.25, 0.3) is 0 Å². The van der Waals surface area contributed by atoms with E-state index in [1.165, 1.54) is 18.0 Å². The molecule has 0 bridgehead atoms. The average Bonchev–Trinajstić information content (AvgIpc) is 2.33. The predicted molar refractivity (Wildman–Crippen MR) is 61.7 cm³/mol. The van der Waals surface area contributed by atoms with Gasteiger partial charge in [-0.3, -0.25) is 4.98 Å². The van der Waals surface area contributed by atoms with E-state index in [2.05, 4.69) is 9.97 Å². The number of aromatic nitrogens is 2. The van der Waals surface area contributed by atoms with Crippen LogP contribution in [0.15, 0.2) is 46.7 Å². The molecule has 2 aromatic rings. The van der Waals surface area contributed by atoms with E-state index in [1.54, 1.807) is 18.5 Å². The van der Waals surface area contributed by atoms with Crippen LogP contribution in [0.4, 0.5) is 5.69 Å². The fourth-order valence-electron chi connectivity index (χ4n) is 1.13. The molecule has 0 unspecified atom stereocenters. The minimum Gasteiger partial charge on any atom is -0.396 e. The highest BCUT2D eigenvalue weighted by atomic mass is 32.2. The Morgan fingerprint density at radius 3 is 2.69 bits per heavy atom. The van der Waals surface area contributed by atoms with Gasteiger partial charge in [-0.2, -0.15) is 5.26 Å². The van der Waals surface area contributed by atoms with Gasteiger partial charge in [-0.25, -0.2) is 4.98 Å². The van der Waals surface area contributed by atoms with Crippen molar-refractivity contribution in [2.45, 2.75) is 9.92 Å². The predicted octanol–water partition coefficient (Wildman–Crippen LogP) is 2.08. The van der Waals surface area contributed by atoms with E-state index in [0.717, 1.165) is 4.90 Å². The van der Waals surface area contributed by atoms with E-state index < -0.39 is 0 Å². The second-order valence-corrected chi connectivity index (χ2v) is 4.08. The average molecular weight is 228 g/mol. The lowest BCUT2D eigenvalue weighted by atomic mass is 10.3. The maximum Gasteiger partial charge on any atom is 0.124 e. The number of anilines is 1. The first kappa shape index (κ1) is 10.5. The number of nitrogens with zero attached hydrogens (tertiary/aromatic N) is 3. The molecule has 0 aromatic carbocycles. The molecule has 0 atom stereocenters. The van der Waals surface area contributed by atoms with Crippen molar-refractivity contribution in [2.75, 3.05) is 5.73 Å². The van der Waals surface area contributed by atoms with Crippen LogP contribution < -0.4 is 5.73 Å². The maximum absolute atomic E-state index is 8.68. The standard InChI is InChI=1S/C11H8N4S/c12-6-8-5-10(13)11(15-7-8)16-9-1-3-14-4-2-9/h1-5,7H,13H2. The number of pyridine rings is 2. The highest BCUT2D eigenvalue weighted by molar-refractivity contribution is 7.99. The maximum atomic E-state index is 8.68. The molecule has 2 heterocycles. The summed E-state index contributed by atoms with van der Waals surface area (Å²) in [6.45, 7) is 0. The smallest absolute Gasteiger partial charge is 0.124 e. The Hall–Kier alpha value is -2.06. The Morgan fingerprint density at radius 1 is 1.31 bits per heavy atom. The lowest BCUT2D eigenvalue weighted by Gasteiger charge is -2.03. The van der Waals surface area contributed by atoms with Crippen molar-refractivity contribution in [2.24, 2.45) is 0 Å². The Morgan fingerprint density at radius 2 is 2.06 bits per heavy atom. The molecule has 0 spiro atoms. The van der Waals surface area contributed by atoms with E-state index in [1.807, 2.05) is 18.2 Å². The first-order valence-electron chi connectivity index (χ1n) is 4.53. The summed E-state index contributed by atoms with van der Waals surface area (Å²) in [6.07, 6.45) is 4.93. The number of hydrogen-bond donors (Lipinski definition) is 1. The zero-order chi connectivity index (χ0) is 11.4. The summed E-state index contributed by atoms with van der Waals surface area (Å²) in [4.78, 5) is 9.08. The molecule has 2 N–H and O–H groups in total. The van der Waals surface area contributed by atoms with Crippen molar-refractivity contribution >= 4 is 17.4 Å². The van der Waals surface area contributed by atoms with Crippen LogP contribution in [-0.2, 0) is 0 Å². The van der Waals surface area contributed by atoms with Gasteiger partial charge in [0, 0.05) is 23.5 Å². The zero-order valence-corrected chi connectivity index (χ0v) is 9.11. The second-order valence-electron chi connectivity index (χ2n) is 3.02. The summed E-state index contributed by atoms with van der Waals surface area (Å²) >= 11 is 1.45. The van der Waals surface area contributed by atoms with Gasteiger partial charge >= 0.3 is 0 Å². The van der Waals surface area contributed by atoms with Crippen molar-refractivity contribution in [3.8, 4) is 6.07 Å². The van der Waals surface area contributed by atoms with E-state index >= 15 is 0 Å². The van der Waals surface area contributed by atoms with Crippen LogP contribution in [-0.4, -0.2) is 9.97 Å². The van der Waals surface area contributed by atoms with Gasteiger partial charge in [0.05, 0.1) is 11.3 Å². The molecule has 0 aliphatic rings. The molecule has 0 aliphatic heterocycles. The highest BCUT2D eigenvalue weighted by Crippen LogP contribution is 2.29. The van der Waals surface area contributed by atoms with Crippen LogP contribution in [0.3, 0.4) is 0 Å². The largest absolute Gasteiger partial charge is 0.396 e. The summed E-state index contributed by atoms with van der Waals surface area (Å²) in [6, 6.07) is 7.38. The molecular weight excluding hydrogens is 220 g/mol. The summed E-state index contributed by atoms with van der Waals surface area (Å²) < 4.78 is 0. The minimum absolute atomic E-state index is 0.469. The lowest BCUT2D eigenvalue weighted by Crippen LogP contribution is -1.93. The Kier molecular flexibility index (Phi) is 3.03.